The van der Waals surface area contributed by atoms with Gasteiger partial charge in [-0.05, 0) is 50.5 Å². The van der Waals surface area contributed by atoms with E-state index in [9.17, 15) is 14.7 Å². The summed E-state index contributed by atoms with van der Waals surface area (Å²) in [5.41, 5.74) is 2.04. The number of carbonyl (C=O) groups excluding carboxylic acids is 1. The lowest BCUT2D eigenvalue weighted by Gasteiger charge is -2.24. The summed E-state index contributed by atoms with van der Waals surface area (Å²) in [5, 5.41) is 16.5. The minimum absolute atomic E-state index is 0.0155. The highest BCUT2D eigenvalue weighted by molar-refractivity contribution is 5.90. The average Bonchev–Trinajstić information content (AvgIpc) is 2.81. The zero-order valence-corrected chi connectivity index (χ0v) is 13.2. The van der Waals surface area contributed by atoms with E-state index < -0.39 is 11.5 Å². The molecule has 6 heteroatoms. The van der Waals surface area contributed by atoms with Crippen molar-refractivity contribution in [3.8, 4) is 0 Å². The summed E-state index contributed by atoms with van der Waals surface area (Å²) in [6, 6.07) is 3.81. The molecule has 0 aliphatic carbocycles. The molecule has 1 atom stereocenters. The third-order valence-electron chi connectivity index (χ3n) is 4.08. The summed E-state index contributed by atoms with van der Waals surface area (Å²) in [6.07, 6.45) is 0.282. The molecule has 6 nitrogen and oxygen atoms in total. The number of hydrogen-bond acceptors (Lipinski definition) is 4. The predicted molar refractivity (Wildman–Crippen MR) is 81.7 cm³/mol. The van der Waals surface area contributed by atoms with Crippen LogP contribution in [0.15, 0.2) is 16.7 Å². The fourth-order valence-electron chi connectivity index (χ4n) is 2.17. The maximum atomic E-state index is 12.1. The minimum atomic E-state index is -1.27. The Kier molecular flexibility index (Phi) is 4.21. The first kappa shape index (κ1) is 16.0. The first-order chi connectivity index (χ1) is 10.3. The van der Waals surface area contributed by atoms with E-state index >= 15 is 0 Å². The van der Waals surface area contributed by atoms with Gasteiger partial charge in [-0.25, -0.2) is 4.79 Å². The van der Waals surface area contributed by atoms with E-state index in [1.807, 2.05) is 26.0 Å². The first-order valence-electron chi connectivity index (χ1n) is 7.16. The van der Waals surface area contributed by atoms with E-state index in [-0.39, 0.29) is 12.3 Å². The van der Waals surface area contributed by atoms with Crippen molar-refractivity contribution in [2.24, 2.45) is 0 Å². The van der Waals surface area contributed by atoms with Crippen LogP contribution in [0.1, 0.15) is 37.1 Å². The highest BCUT2D eigenvalue weighted by atomic mass is 16.5. The molecule has 1 heterocycles. The maximum absolute atomic E-state index is 12.1. The van der Waals surface area contributed by atoms with E-state index in [2.05, 4.69) is 10.5 Å². The summed E-state index contributed by atoms with van der Waals surface area (Å²) in [5.74, 6) is -1.44. The van der Waals surface area contributed by atoms with Gasteiger partial charge in [-0.3, -0.25) is 4.79 Å². The van der Waals surface area contributed by atoms with Gasteiger partial charge in [0.15, 0.2) is 5.58 Å². The third kappa shape index (κ3) is 2.95. The Morgan fingerprint density at radius 3 is 2.55 bits per heavy atom. The van der Waals surface area contributed by atoms with E-state index in [1.165, 1.54) is 6.92 Å². The van der Waals surface area contributed by atoms with Crippen LogP contribution in [0, 0.1) is 13.8 Å². The number of rotatable bonds is 5. The second kappa shape index (κ2) is 5.79. The molecule has 118 valence electrons. The van der Waals surface area contributed by atoms with Crippen molar-refractivity contribution in [2.45, 2.75) is 46.1 Å². The van der Waals surface area contributed by atoms with Gasteiger partial charge in [-0.15, -0.1) is 0 Å². The normalized spacial score (nSPS) is 13.8. The van der Waals surface area contributed by atoms with Gasteiger partial charge in [0.05, 0.1) is 6.42 Å². The van der Waals surface area contributed by atoms with Crippen LogP contribution < -0.4 is 5.32 Å². The van der Waals surface area contributed by atoms with Crippen LogP contribution >= 0.6 is 0 Å². The molecule has 2 N–H and O–H groups in total. The number of aryl methyl sites for hydroxylation is 2. The Morgan fingerprint density at radius 2 is 1.95 bits per heavy atom. The fourth-order valence-corrected chi connectivity index (χ4v) is 2.17. The fraction of sp³-hybridized carbons (Fsp3) is 0.438. The highest BCUT2D eigenvalue weighted by Gasteiger charge is 2.33. The maximum Gasteiger partial charge on any atom is 0.329 e. The number of benzene rings is 1. The van der Waals surface area contributed by atoms with E-state index in [0.717, 1.165) is 16.5 Å². The summed E-state index contributed by atoms with van der Waals surface area (Å²) in [6.45, 7) is 7.15. The molecule has 0 bridgehead atoms. The van der Waals surface area contributed by atoms with Crippen LogP contribution in [0.4, 0.5) is 0 Å². The van der Waals surface area contributed by atoms with Gasteiger partial charge in [0.25, 0.3) is 0 Å². The van der Waals surface area contributed by atoms with Crippen molar-refractivity contribution >= 4 is 22.8 Å². The zero-order valence-electron chi connectivity index (χ0n) is 13.2. The molecule has 0 fully saturated rings. The smallest absolute Gasteiger partial charge is 0.329 e. The third-order valence-corrected chi connectivity index (χ3v) is 4.08. The Morgan fingerprint density at radius 1 is 1.32 bits per heavy atom. The van der Waals surface area contributed by atoms with Crippen LogP contribution in [-0.2, 0) is 16.0 Å². The topological polar surface area (TPSA) is 92.4 Å². The van der Waals surface area contributed by atoms with Crippen LogP contribution in [-0.4, -0.2) is 27.7 Å². The molecule has 22 heavy (non-hydrogen) atoms. The van der Waals surface area contributed by atoms with Crippen molar-refractivity contribution in [3.63, 3.8) is 0 Å². The van der Waals surface area contributed by atoms with Gasteiger partial charge in [-0.1, -0.05) is 12.1 Å². The molecule has 2 rings (SSSR count). The van der Waals surface area contributed by atoms with E-state index in [1.54, 1.807) is 6.92 Å². The number of aromatic nitrogens is 1. The Labute approximate surface area is 128 Å². The van der Waals surface area contributed by atoms with E-state index in [4.69, 9.17) is 4.52 Å². The molecule has 2 aromatic rings. The number of fused-ring (bicyclic) bond motifs is 1. The minimum Gasteiger partial charge on any atom is -0.480 e. The molecular formula is C16H20N2O4. The molecule has 1 unspecified atom stereocenters. The van der Waals surface area contributed by atoms with Crippen molar-refractivity contribution < 1.29 is 19.2 Å². The molecule has 0 aliphatic heterocycles. The summed E-state index contributed by atoms with van der Waals surface area (Å²) >= 11 is 0. The second-order valence-corrected chi connectivity index (χ2v) is 5.78. The molecule has 1 amide bonds. The molecule has 1 aromatic heterocycles. The highest BCUT2D eigenvalue weighted by Crippen LogP contribution is 2.23. The predicted octanol–water partition coefficient (Wildman–Crippen LogP) is 2.36. The largest absolute Gasteiger partial charge is 0.480 e. The number of carboxylic acids is 1. The lowest BCUT2D eigenvalue weighted by Crippen LogP contribution is -2.52. The summed E-state index contributed by atoms with van der Waals surface area (Å²) in [4.78, 5) is 23.4. The van der Waals surface area contributed by atoms with Crippen LogP contribution in [0.5, 0.6) is 0 Å². The quantitative estimate of drug-likeness (QED) is 0.884. The zero-order chi connectivity index (χ0) is 16.5. The van der Waals surface area contributed by atoms with Crippen molar-refractivity contribution in [2.75, 3.05) is 0 Å². The summed E-state index contributed by atoms with van der Waals surface area (Å²) < 4.78 is 5.24. The Hall–Kier alpha value is -2.37. The van der Waals surface area contributed by atoms with Crippen molar-refractivity contribution in [1.29, 1.82) is 0 Å². The molecule has 0 aliphatic rings. The number of aliphatic carboxylic acids is 1. The lowest BCUT2D eigenvalue weighted by atomic mass is 9.98. The monoisotopic (exact) mass is 304 g/mol. The standard InChI is InChI=1S/C16H20N2O4/c1-5-16(4,15(20)21)17-14(19)8-12-11-6-9(2)10(3)7-13(11)22-18-12/h6-7H,5,8H2,1-4H3,(H,17,19)(H,20,21). The Bertz CT molecular complexity index is 735. The molecular weight excluding hydrogens is 284 g/mol. The van der Waals surface area contributed by atoms with Gasteiger partial charge in [0.1, 0.15) is 11.2 Å². The number of nitrogens with one attached hydrogen (secondary N) is 1. The van der Waals surface area contributed by atoms with Gasteiger partial charge < -0.3 is 14.9 Å². The van der Waals surface area contributed by atoms with Gasteiger partial charge in [0, 0.05) is 5.39 Å². The van der Waals surface area contributed by atoms with E-state index in [0.29, 0.717) is 17.7 Å². The number of nitrogens with zero attached hydrogens (tertiary/aromatic N) is 1. The molecule has 0 saturated heterocycles. The molecule has 1 aromatic carbocycles. The van der Waals surface area contributed by atoms with Crippen molar-refractivity contribution in [3.05, 3.63) is 29.0 Å². The Balaban J connectivity index is 2.22. The SMILES string of the molecule is CCC(C)(NC(=O)Cc1noc2cc(C)c(C)cc12)C(=O)O. The van der Waals surface area contributed by atoms with Crippen LogP contribution in [0.3, 0.4) is 0 Å². The first-order valence-corrected chi connectivity index (χ1v) is 7.16. The second-order valence-electron chi connectivity index (χ2n) is 5.78. The number of carboxylic acid groups (broad SMARTS) is 1. The van der Waals surface area contributed by atoms with Gasteiger partial charge in [-0.2, -0.15) is 0 Å². The molecule has 0 radical (unpaired) electrons. The number of amides is 1. The van der Waals surface area contributed by atoms with Gasteiger partial charge >= 0.3 is 5.97 Å². The molecule has 0 saturated carbocycles. The van der Waals surface area contributed by atoms with Crippen LogP contribution in [0.2, 0.25) is 0 Å². The summed E-state index contributed by atoms with van der Waals surface area (Å²) in [7, 11) is 0. The van der Waals surface area contributed by atoms with Gasteiger partial charge in [0.2, 0.25) is 5.91 Å². The lowest BCUT2D eigenvalue weighted by molar-refractivity contribution is -0.146. The van der Waals surface area contributed by atoms with Crippen molar-refractivity contribution in [1.82, 2.24) is 10.5 Å². The number of hydrogen-bond donors (Lipinski definition) is 2. The average molecular weight is 304 g/mol. The van der Waals surface area contributed by atoms with Crippen LogP contribution in [0.25, 0.3) is 11.0 Å². The number of carbonyl (C=O) groups is 2. The molecule has 0 spiro atoms.